The number of carboxylic acid groups (broad SMARTS) is 1. The van der Waals surface area contributed by atoms with Gasteiger partial charge in [0.05, 0.1) is 12.6 Å². The third kappa shape index (κ3) is 2.44. The van der Waals surface area contributed by atoms with Crippen LogP contribution in [0, 0.1) is 10.1 Å². The highest BCUT2D eigenvalue weighted by atomic mass is 16.6. The van der Waals surface area contributed by atoms with E-state index < -0.39 is 16.9 Å². The minimum Gasteiger partial charge on any atom is -0.480 e. The number of furan rings is 1. The summed E-state index contributed by atoms with van der Waals surface area (Å²) >= 11 is 0. The number of aliphatic carboxylic acids is 1. The van der Waals surface area contributed by atoms with Crippen LogP contribution in [-0.4, -0.2) is 33.5 Å². The van der Waals surface area contributed by atoms with Crippen molar-refractivity contribution >= 4 is 11.9 Å². The van der Waals surface area contributed by atoms with Crippen molar-refractivity contribution in [3.05, 3.63) is 28.0 Å². The van der Waals surface area contributed by atoms with Gasteiger partial charge in [0.1, 0.15) is 16.7 Å². The predicted octanol–water partition coefficient (Wildman–Crippen LogP) is 1.24. The van der Waals surface area contributed by atoms with Crippen LogP contribution in [0.15, 0.2) is 16.5 Å². The fraction of sp³-hybridized carbons (Fsp3) is 0.500. The van der Waals surface area contributed by atoms with E-state index in [4.69, 9.17) is 9.52 Å². The van der Waals surface area contributed by atoms with Gasteiger partial charge in [0, 0.05) is 0 Å². The van der Waals surface area contributed by atoms with E-state index in [1.165, 1.54) is 12.1 Å². The number of carbonyl (C=O) groups is 1. The zero-order chi connectivity index (χ0) is 12.4. The molecule has 1 aliphatic rings. The van der Waals surface area contributed by atoms with E-state index in [-0.39, 0.29) is 5.88 Å². The Morgan fingerprint density at radius 3 is 3.00 bits per heavy atom. The summed E-state index contributed by atoms with van der Waals surface area (Å²) in [5.41, 5.74) is 0. The van der Waals surface area contributed by atoms with E-state index >= 15 is 0 Å². The summed E-state index contributed by atoms with van der Waals surface area (Å²) in [6.45, 7) is 0.969. The molecular weight excluding hydrogens is 228 g/mol. The van der Waals surface area contributed by atoms with Gasteiger partial charge in [0.25, 0.3) is 0 Å². The first-order valence-electron chi connectivity index (χ1n) is 5.28. The molecule has 1 fully saturated rings. The Hall–Kier alpha value is -1.89. The SMILES string of the molecule is O=C(O)C1CCCN1Cc1ccc([N+](=O)[O-])o1. The Labute approximate surface area is 96.8 Å². The van der Waals surface area contributed by atoms with Gasteiger partial charge in [-0.2, -0.15) is 0 Å². The number of hydrogen-bond donors (Lipinski definition) is 1. The van der Waals surface area contributed by atoms with Crippen molar-refractivity contribution < 1.29 is 19.2 Å². The highest BCUT2D eigenvalue weighted by molar-refractivity contribution is 5.73. The number of rotatable bonds is 4. The molecule has 0 spiro atoms. The zero-order valence-corrected chi connectivity index (χ0v) is 9.04. The molecule has 2 heterocycles. The lowest BCUT2D eigenvalue weighted by atomic mass is 10.2. The smallest absolute Gasteiger partial charge is 0.433 e. The van der Waals surface area contributed by atoms with Crippen LogP contribution < -0.4 is 0 Å². The lowest BCUT2D eigenvalue weighted by Gasteiger charge is -2.19. The van der Waals surface area contributed by atoms with Crippen molar-refractivity contribution in [1.82, 2.24) is 4.90 Å². The number of nitro groups is 1. The molecule has 1 N–H and O–H groups in total. The maximum absolute atomic E-state index is 10.9. The molecule has 0 bridgehead atoms. The second-order valence-electron chi connectivity index (χ2n) is 3.96. The highest BCUT2D eigenvalue weighted by Gasteiger charge is 2.31. The summed E-state index contributed by atoms with van der Waals surface area (Å²) < 4.78 is 5.00. The first kappa shape index (κ1) is 11.6. The van der Waals surface area contributed by atoms with Crippen LogP contribution in [0.2, 0.25) is 0 Å². The van der Waals surface area contributed by atoms with Crippen LogP contribution in [0.3, 0.4) is 0 Å². The first-order valence-corrected chi connectivity index (χ1v) is 5.28. The third-order valence-electron chi connectivity index (χ3n) is 2.84. The average molecular weight is 240 g/mol. The Morgan fingerprint density at radius 2 is 2.41 bits per heavy atom. The van der Waals surface area contributed by atoms with E-state index in [1.807, 2.05) is 0 Å². The molecular formula is C10H12N2O5. The number of hydrogen-bond acceptors (Lipinski definition) is 5. The molecule has 0 aliphatic carbocycles. The normalized spacial score (nSPS) is 20.6. The second kappa shape index (κ2) is 4.54. The monoisotopic (exact) mass is 240 g/mol. The number of nitrogens with zero attached hydrogens (tertiary/aromatic N) is 2. The molecule has 1 aromatic rings. The Bertz CT molecular complexity index is 442. The number of carboxylic acids is 1. The Kier molecular flexibility index (Phi) is 3.10. The molecule has 92 valence electrons. The maximum atomic E-state index is 10.9. The van der Waals surface area contributed by atoms with Gasteiger partial charge < -0.3 is 9.52 Å². The topological polar surface area (TPSA) is 96.8 Å². The summed E-state index contributed by atoms with van der Waals surface area (Å²) in [7, 11) is 0. The van der Waals surface area contributed by atoms with Gasteiger partial charge in [-0.15, -0.1) is 0 Å². The number of likely N-dealkylation sites (tertiary alicyclic amines) is 1. The highest BCUT2D eigenvalue weighted by Crippen LogP contribution is 2.23. The summed E-state index contributed by atoms with van der Waals surface area (Å²) in [5.74, 6) is -0.750. The van der Waals surface area contributed by atoms with Crippen molar-refractivity contribution in [2.75, 3.05) is 6.54 Å². The molecule has 0 saturated carbocycles. The van der Waals surface area contributed by atoms with Gasteiger partial charge >= 0.3 is 11.9 Å². The van der Waals surface area contributed by atoms with Gasteiger partial charge in [-0.05, 0) is 25.5 Å². The lowest BCUT2D eigenvalue weighted by molar-refractivity contribution is -0.402. The lowest BCUT2D eigenvalue weighted by Crippen LogP contribution is -2.35. The molecule has 1 aliphatic heterocycles. The van der Waals surface area contributed by atoms with Crippen molar-refractivity contribution in [3.8, 4) is 0 Å². The van der Waals surface area contributed by atoms with Crippen molar-refractivity contribution in [3.63, 3.8) is 0 Å². The van der Waals surface area contributed by atoms with Crippen molar-refractivity contribution in [1.29, 1.82) is 0 Å². The molecule has 0 amide bonds. The van der Waals surface area contributed by atoms with Crippen LogP contribution in [0.5, 0.6) is 0 Å². The van der Waals surface area contributed by atoms with E-state index in [9.17, 15) is 14.9 Å². The largest absolute Gasteiger partial charge is 0.480 e. The summed E-state index contributed by atoms with van der Waals surface area (Å²) in [6.07, 6.45) is 1.43. The van der Waals surface area contributed by atoms with E-state index in [0.29, 0.717) is 25.3 Å². The maximum Gasteiger partial charge on any atom is 0.433 e. The van der Waals surface area contributed by atoms with Crippen LogP contribution in [0.1, 0.15) is 18.6 Å². The fourth-order valence-corrected chi connectivity index (χ4v) is 2.04. The summed E-state index contributed by atoms with van der Waals surface area (Å²) in [4.78, 5) is 22.5. The minimum absolute atomic E-state index is 0.296. The van der Waals surface area contributed by atoms with Gasteiger partial charge in [-0.3, -0.25) is 19.8 Å². The van der Waals surface area contributed by atoms with Crippen LogP contribution >= 0.6 is 0 Å². The molecule has 7 nitrogen and oxygen atoms in total. The fourth-order valence-electron chi connectivity index (χ4n) is 2.04. The summed E-state index contributed by atoms with van der Waals surface area (Å²) in [5, 5.41) is 19.4. The van der Waals surface area contributed by atoms with E-state index in [1.54, 1.807) is 4.90 Å². The van der Waals surface area contributed by atoms with Crippen LogP contribution in [0.25, 0.3) is 0 Å². The standard InChI is InChI=1S/C10H12N2O5/c13-10(14)8-2-1-5-11(8)6-7-3-4-9(17-7)12(15)16/h3-4,8H,1-2,5-6H2,(H,13,14). The molecule has 7 heteroatoms. The van der Waals surface area contributed by atoms with Crippen LogP contribution in [0.4, 0.5) is 5.88 Å². The zero-order valence-electron chi connectivity index (χ0n) is 9.04. The second-order valence-corrected chi connectivity index (χ2v) is 3.96. The Morgan fingerprint density at radius 1 is 1.65 bits per heavy atom. The van der Waals surface area contributed by atoms with E-state index in [2.05, 4.69) is 0 Å². The van der Waals surface area contributed by atoms with E-state index in [0.717, 1.165) is 6.42 Å². The quantitative estimate of drug-likeness (QED) is 0.628. The molecule has 1 saturated heterocycles. The van der Waals surface area contributed by atoms with Gasteiger partial charge in [-0.1, -0.05) is 0 Å². The molecule has 1 unspecified atom stereocenters. The Balaban J connectivity index is 2.04. The van der Waals surface area contributed by atoms with Crippen LogP contribution in [-0.2, 0) is 11.3 Å². The van der Waals surface area contributed by atoms with Crippen molar-refractivity contribution in [2.24, 2.45) is 0 Å². The molecule has 1 atom stereocenters. The molecule has 1 aromatic heterocycles. The summed E-state index contributed by atoms with van der Waals surface area (Å²) in [6, 6.07) is 2.27. The van der Waals surface area contributed by atoms with Gasteiger partial charge in [-0.25, -0.2) is 0 Å². The van der Waals surface area contributed by atoms with Crippen molar-refractivity contribution in [2.45, 2.75) is 25.4 Å². The first-order chi connectivity index (χ1) is 8.08. The average Bonchev–Trinajstić information content (AvgIpc) is 2.86. The van der Waals surface area contributed by atoms with Gasteiger partial charge in [0.2, 0.25) is 0 Å². The third-order valence-corrected chi connectivity index (χ3v) is 2.84. The molecule has 2 rings (SSSR count). The molecule has 0 aromatic carbocycles. The molecule has 0 radical (unpaired) electrons. The van der Waals surface area contributed by atoms with Gasteiger partial charge in [0.15, 0.2) is 0 Å². The minimum atomic E-state index is -0.858. The predicted molar refractivity (Wildman–Crippen MR) is 56.4 cm³/mol. The molecule has 17 heavy (non-hydrogen) atoms.